The molecule has 0 aliphatic heterocycles. The lowest BCUT2D eigenvalue weighted by molar-refractivity contribution is 1.56. The number of rotatable bonds is 1. The van der Waals surface area contributed by atoms with Crippen LogP contribution in [-0.2, 0) is 0 Å². The van der Waals surface area contributed by atoms with Crippen LogP contribution in [0.3, 0.4) is 0 Å². The second kappa shape index (κ2) is 3.60. The third-order valence-corrected chi connectivity index (χ3v) is 1.67. The van der Waals surface area contributed by atoms with Crippen molar-refractivity contribution in [1.29, 1.82) is 0 Å². The molecule has 11 heavy (non-hydrogen) atoms. The Morgan fingerprint density at radius 1 is 1.27 bits per heavy atom. The maximum absolute atomic E-state index is 5.65. The summed E-state index contributed by atoms with van der Waals surface area (Å²) in [5, 5.41) is 0.663. The van der Waals surface area contributed by atoms with E-state index in [2.05, 4.69) is 4.51 Å². The van der Waals surface area contributed by atoms with Crippen molar-refractivity contribution >= 4 is 29.2 Å². The molecule has 0 atom stereocenters. The van der Waals surface area contributed by atoms with Gasteiger partial charge >= 0.3 is 0 Å². The molecule has 0 fully saturated rings. The first-order chi connectivity index (χ1) is 5.24. The van der Waals surface area contributed by atoms with Gasteiger partial charge < -0.3 is 5.73 Å². The van der Waals surface area contributed by atoms with Gasteiger partial charge in [0.1, 0.15) is 5.84 Å². The molecular formula is C7H6Cl2N2. The normalized spacial score (nSPS) is 11.6. The van der Waals surface area contributed by atoms with Crippen LogP contribution in [0.15, 0.2) is 28.8 Å². The van der Waals surface area contributed by atoms with Crippen LogP contribution < -0.4 is 5.73 Å². The van der Waals surface area contributed by atoms with Crippen LogP contribution in [0.2, 0.25) is 5.02 Å². The average Bonchev–Trinajstić information content (AvgIpc) is 2.05. The van der Waals surface area contributed by atoms with E-state index in [1.165, 1.54) is 0 Å². The van der Waals surface area contributed by atoms with Crippen molar-refractivity contribution in [1.82, 2.24) is 0 Å². The zero-order valence-corrected chi connectivity index (χ0v) is 7.10. The molecule has 2 N–H and O–H groups in total. The molecule has 1 aromatic rings. The highest BCUT2D eigenvalue weighted by atomic mass is 35.5. The minimum Gasteiger partial charge on any atom is -0.382 e. The second-order valence-electron chi connectivity index (χ2n) is 1.98. The summed E-state index contributed by atoms with van der Waals surface area (Å²) >= 11 is 10.8. The third-order valence-electron chi connectivity index (χ3n) is 1.23. The number of nitrogens with zero attached hydrogens (tertiary/aromatic N) is 1. The maximum atomic E-state index is 5.65. The van der Waals surface area contributed by atoms with Crippen LogP contribution >= 0.6 is 23.4 Å². The fourth-order valence-corrected chi connectivity index (χ4v) is 0.893. The molecule has 0 amide bonds. The fourth-order valence-electron chi connectivity index (χ4n) is 0.669. The van der Waals surface area contributed by atoms with Crippen molar-refractivity contribution in [2.24, 2.45) is 10.2 Å². The first-order valence-corrected chi connectivity index (χ1v) is 3.66. The van der Waals surface area contributed by atoms with E-state index >= 15 is 0 Å². The summed E-state index contributed by atoms with van der Waals surface area (Å²) in [4.78, 5) is 0. The number of halogens is 2. The summed E-state index contributed by atoms with van der Waals surface area (Å²) in [7, 11) is 0. The third kappa shape index (κ3) is 2.10. The summed E-state index contributed by atoms with van der Waals surface area (Å²) in [6.45, 7) is 0. The number of hydrogen-bond donors (Lipinski definition) is 1. The van der Waals surface area contributed by atoms with E-state index in [-0.39, 0.29) is 0 Å². The van der Waals surface area contributed by atoms with E-state index in [9.17, 15) is 0 Å². The Bertz CT molecular complexity index is 266. The fraction of sp³-hybridized carbons (Fsp3) is 0. The molecule has 0 spiro atoms. The van der Waals surface area contributed by atoms with Gasteiger partial charge in [-0.2, -0.15) is 4.51 Å². The van der Waals surface area contributed by atoms with Crippen LogP contribution in [0.4, 0.5) is 0 Å². The molecule has 0 aliphatic rings. The van der Waals surface area contributed by atoms with Crippen molar-refractivity contribution < 1.29 is 0 Å². The van der Waals surface area contributed by atoms with Gasteiger partial charge in [-0.15, -0.1) is 0 Å². The molecule has 0 aliphatic carbocycles. The van der Waals surface area contributed by atoms with Gasteiger partial charge in [0.25, 0.3) is 0 Å². The molecule has 58 valence electrons. The lowest BCUT2D eigenvalue weighted by Crippen LogP contribution is -2.11. The lowest BCUT2D eigenvalue weighted by atomic mass is 10.2. The molecule has 4 heteroatoms. The van der Waals surface area contributed by atoms with Crippen molar-refractivity contribution in [3.05, 3.63) is 34.9 Å². The van der Waals surface area contributed by atoms with Gasteiger partial charge in [-0.3, -0.25) is 0 Å². The number of nitrogens with two attached hydrogens (primary N) is 1. The molecule has 0 saturated carbocycles. The molecule has 2 nitrogen and oxygen atoms in total. The van der Waals surface area contributed by atoms with Gasteiger partial charge in [-0.25, -0.2) is 0 Å². The molecule has 0 saturated heterocycles. The Labute approximate surface area is 74.7 Å². The van der Waals surface area contributed by atoms with Gasteiger partial charge in [0.05, 0.1) is 0 Å². The topological polar surface area (TPSA) is 38.4 Å². The number of hydrogen-bond acceptors (Lipinski definition) is 1. The zero-order chi connectivity index (χ0) is 8.27. The Morgan fingerprint density at radius 2 is 1.82 bits per heavy atom. The van der Waals surface area contributed by atoms with Crippen molar-refractivity contribution in [2.45, 2.75) is 0 Å². The van der Waals surface area contributed by atoms with Gasteiger partial charge in [-0.1, -0.05) is 11.6 Å². The predicted molar refractivity (Wildman–Crippen MR) is 48.0 cm³/mol. The molecule has 0 heterocycles. The average molecular weight is 189 g/mol. The maximum Gasteiger partial charge on any atom is 0.145 e. The van der Waals surface area contributed by atoms with E-state index in [1.54, 1.807) is 24.3 Å². The molecular weight excluding hydrogens is 183 g/mol. The summed E-state index contributed by atoms with van der Waals surface area (Å²) in [6, 6.07) is 6.96. The lowest BCUT2D eigenvalue weighted by Gasteiger charge is -1.96. The Kier molecular flexibility index (Phi) is 2.74. The van der Waals surface area contributed by atoms with Crippen LogP contribution in [0.1, 0.15) is 5.56 Å². The van der Waals surface area contributed by atoms with Gasteiger partial charge in [0.2, 0.25) is 0 Å². The van der Waals surface area contributed by atoms with E-state index < -0.39 is 0 Å². The largest absolute Gasteiger partial charge is 0.382 e. The summed E-state index contributed by atoms with van der Waals surface area (Å²) < 4.78 is 3.31. The smallest absolute Gasteiger partial charge is 0.145 e. The predicted octanol–water partition coefficient (Wildman–Crippen LogP) is 2.20. The van der Waals surface area contributed by atoms with Gasteiger partial charge in [-0.05, 0) is 24.3 Å². The minimum atomic E-state index is 0.295. The molecule has 1 rings (SSSR count). The highest BCUT2D eigenvalue weighted by Crippen LogP contribution is 2.09. The van der Waals surface area contributed by atoms with Crippen molar-refractivity contribution in [2.75, 3.05) is 0 Å². The molecule has 0 aromatic heterocycles. The first kappa shape index (κ1) is 8.37. The van der Waals surface area contributed by atoms with Crippen LogP contribution in [0.5, 0.6) is 0 Å². The quantitative estimate of drug-likeness (QED) is 0.533. The minimum absolute atomic E-state index is 0.295. The molecule has 0 radical (unpaired) electrons. The highest BCUT2D eigenvalue weighted by Gasteiger charge is 1.95. The van der Waals surface area contributed by atoms with Crippen molar-refractivity contribution in [3.8, 4) is 0 Å². The SMILES string of the molecule is N/C(=N/Cl)c1ccc(Cl)cc1. The Hall–Kier alpha value is -0.730. The molecule has 0 bridgehead atoms. The van der Waals surface area contributed by atoms with E-state index in [4.69, 9.17) is 29.1 Å². The summed E-state index contributed by atoms with van der Waals surface area (Å²) in [6.07, 6.45) is 0. The first-order valence-electron chi connectivity index (χ1n) is 2.94. The Balaban J connectivity index is 2.99. The summed E-state index contributed by atoms with van der Waals surface area (Å²) in [5.74, 6) is 0.295. The van der Waals surface area contributed by atoms with Crippen molar-refractivity contribution in [3.63, 3.8) is 0 Å². The van der Waals surface area contributed by atoms with Crippen LogP contribution in [-0.4, -0.2) is 5.84 Å². The Morgan fingerprint density at radius 3 is 2.27 bits per heavy atom. The monoisotopic (exact) mass is 188 g/mol. The second-order valence-corrected chi connectivity index (χ2v) is 2.58. The number of benzene rings is 1. The van der Waals surface area contributed by atoms with E-state index in [0.717, 1.165) is 5.56 Å². The highest BCUT2D eigenvalue weighted by molar-refractivity contribution is 6.30. The number of amidine groups is 1. The van der Waals surface area contributed by atoms with Gasteiger partial charge in [0, 0.05) is 22.4 Å². The molecule has 0 unspecified atom stereocenters. The van der Waals surface area contributed by atoms with E-state index in [1.807, 2.05) is 0 Å². The van der Waals surface area contributed by atoms with Gasteiger partial charge in [0.15, 0.2) is 0 Å². The van der Waals surface area contributed by atoms with Crippen LogP contribution in [0.25, 0.3) is 0 Å². The molecule has 1 aromatic carbocycles. The summed E-state index contributed by atoms with van der Waals surface area (Å²) in [5.41, 5.74) is 6.19. The van der Waals surface area contributed by atoms with Crippen LogP contribution in [0, 0.1) is 0 Å². The zero-order valence-electron chi connectivity index (χ0n) is 5.59. The van der Waals surface area contributed by atoms with E-state index in [0.29, 0.717) is 10.9 Å². The standard InChI is InChI=1S/C7H6Cl2N2/c8-6-3-1-5(2-4-6)7(10)11-9/h1-4H,(H2,10,11).